The van der Waals surface area contributed by atoms with Gasteiger partial charge in [0.15, 0.2) is 0 Å². The Morgan fingerprint density at radius 2 is 2.00 bits per heavy atom. The van der Waals surface area contributed by atoms with Gasteiger partial charge in [0.25, 0.3) is 0 Å². The maximum absolute atomic E-state index is 12.2. The van der Waals surface area contributed by atoms with Gasteiger partial charge in [0.05, 0.1) is 19.7 Å². The molecule has 26 heavy (non-hydrogen) atoms. The SMILES string of the molecule is CCOc1ccc(OCCNC(=O)CN2CCC[C@H]2c2cccs2)cc1. The molecule has 1 aromatic heterocycles. The number of thiophene rings is 1. The molecule has 2 aromatic rings. The highest BCUT2D eigenvalue weighted by Gasteiger charge is 2.27. The molecule has 0 radical (unpaired) electrons. The van der Waals surface area contributed by atoms with E-state index in [0.29, 0.717) is 32.3 Å². The van der Waals surface area contributed by atoms with Crippen LogP contribution in [0.15, 0.2) is 41.8 Å². The van der Waals surface area contributed by atoms with Gasteiger partial charge in [-0.3, -0.25) is 9.69 Å². The molecule has 1 aliphatic rings. The zero-order valence-corrected chi connectivity index (χ0v) is 16.0. The highest BCUT2D eigenvalue weighted by molar-refractivity contribution is 7.10. The number of benzene rings is 1. The van der Waals surface area contributed by atoms with Crippen LogP contribution in [0.5, 0.6) is 11.5 Å². The molecule has 1 aliphatic heterocycles. The van der Waals surface area contributed by atoms with Gasteiger partial charge in [-0.25, -0.2) is 0 Å². The Morgan fingerprint density at radius 3 is 2.69 bits per heavy atom. The van der Waals surface area contributed by atoms with E-state index in [1.807, 2.05) is 31.2 Å². The van der Waals surface area contributed by atoms with Crippen LogP contribution in [0.1, 0.15) is 30.7 Å². The molecule has 1 amide bonds. The lowest BCUT2D eigenvalue weighted by molar-refractivity contribution is -0.122. The molecule has 1 atom stereocenters. The van der Waals surface area contributed by atoms with Crippen molar-refractivity contribution >= 4 is 17.2 Å². The molecule has 1 fully saturated rings. The fourth-order valence-corrected chi connectivity index (χ4v) is 4.11. The number of ether oxygens (including phenoxy) is 2. The maximum Gasteiger partial charge on any atom is 0.234 e. The van der Waals surface area contributed by atoms with Gasteiger partial charge in [-0.1, -0.05) is 6.07 Å². The first-order valence-corrected chi connectivity index (χ1v) is 10.0. The highest BCUT2D eigenvalue weighted by Crippen LogP contribution is 2.33. The third-order valence-corrected chi connectivity index (χ3v) is 5.38. The van der Waals surface area contributed by atoms with Gasteiger partial charge >= 0.3 is 0 Å². The number of carbonyl (C=O) groups is 1. The molecule has 0 saturated carbocycles. The van der Waals surface area contributed by atoms with Crippen LogP contribution in [0.25, 0.3) is 0 Å². The van der Waals surface area contributed by atoms with Gasteiger partial charge in [-0.2, -0.15) is 0 Å². The molecule has 0 spiro atoms. The second-order valence-corrected chi connectivity index (χ2v) is 7.23. The minimum Gasteiger partial charge on any atom is -0.494 e. The number of carbonyl (C=O) groups excluding carboxylic acids is 1. The first-order valence-electron chi connectivity index (χ1n) is 9.16. The van der Waals surface area contributed by atoms with E-state index in [0.717, 1.165) is 30.9 Å². The summed E-state index contributed by atoms with van der Waals surface area (Å²) in [7, 11) is 0. The van der Waals surface area contributed by atoms with Crippen molar-refractivity contribution < 1.29 is 14.3 Å². The van der Waals surface area contributed by atoms with Gasteiger partial charge in [0, 0.05) is 10.9 Å². The quantitative estimate of drug-likeness (QED) is 0.683. The zero-order chi connectivity index (χ0) is 18.2. The lowest BCUT2D eigenvalue weighted by Crippen LogP contribution is -2.38. The van der Waals surface area contributed by atoms with Crippen LogP contribution in [0, 0.1) is 0 Å². The van der Waals surface area contributed by atoms with Crippen molar-refractivity contribution in [1.82, 2.24) is 10.2 Å². The maximum atomic E-state index is 12.2. The Balaban J connectivity index is 1.36. The topological polar surface area (TPSA) is 50.8 Å². The molecular formula is C20H26N2O3S. The summed E-state index contributed by atoms with van der Waals surface area (Å²) < 4.78 is 11.1. The summed E-state index contributed by atoms with van der Waals surface area (Å²) in [4.78, 5) is 15.8. The van der Waals surface area contributed by atoms with Gasteiger partial charge in [0.2, 0.25) is 5.91 Å². The van der Waals surface area contributed by atoms with Crippen molar-refractivity contribution in [2.75, 3.05) is 32.8 Å². The lowest BCUT2D eigenvalue weighted by atomic mass is 10.2. The van der Waals surface area contributed by atoms with Crippen LogP contribution in [0.4, 0.5) is 0 Å². The Morgan fingerprint density at radius 1 is 1.23 bits per heavy atom. The van der Waals surface area contributed by atoms with E-state index in [2.05, 4.69) is 27.7 Å². The van der Waals surface area contributed by atoms with Crippen LogP contribution < -0.4 is 14.8 Å². The first kappa shape index (κ1) is 18.7. The van der Waals surface area contributed by atoms with Crippen LogP contribution in [-0.2, 0) is 4.79 Å². The average molecular weight is 375 g/mol. The Kier molecular flexibility index (Phi) is 6.91. The second kappa shape index (κ2) is 9.59. The smallest absolute Gasteiger partial charge is 0.234 e. The predicted octanol–water partition coefficient (Wildman–Crippen LogP) is 3.48. The first-order chi connectivity index (χ1) is 12.8. The van der Waals surface area contributed by atoms with Crippen molar-refractivity contribution in [3.05, 3.63) is 46.7 Å². The molecule has 1 aromatic carbocycles. The van der Waals surface area contributed by atoms with Gasteiger partial charge < -0.3 is 14.8 Å². The fourth-order valence-electron chi connectivity index (χ4n) is 3.22. The van der Waals surface area contributed by atoms with E-state index in [9.17, 15) is 4.79 Å². The molecule has 5 nitrogen and oxygen atoms in total. The van der Waals surface area contributed by atoms with Gasteiger partial charge in [-0.05, 0) is 62.0 Å². The molecule has 0 unspecified atom stereocenters. The number of likely N-dealkylation sites (tertiary alicyclic amines) is 1. The molecule has 6 heteroatoms. The molecule has 0 aliphatic carbocycles. The fraction of sp³-hybridized carbons (Fsp3) is 0.450. The number of nitrogens with one attached hydrogen (secondary N) is 1. The molecule has 2 heterocycles. The third kappa shape index (κ3) is 5.22. The van der Waals surface area contributed by atoms with Gasteiger partial charge in [0.1, 0.15) is 18.1 Å². The van der Waals surface area contributed by atoms with Crippen molar-refractivity contribution in [1.29, 1.82) is 0 Å². The van der Waals surface area contributed by atoms with Crippen LogP contribution in [0.3, 0.4) is 0 Å². The Bertz CT molecular complexity index is 673. The van der Waals surface area contributed by atoms with Crippen molar-refractivity contribution in [2.24, 2.45) is 0 Å². The van der Waals surface area contributed by atoms with Crippen LogP contribution >= 0.6 is 11.3 Å². The number of hydrogen-bond acceptors (Lipinski definition) is 5. The standard InChI is InChI=1S/C20H26N2O3S/c1-2-24-16-7-9-17(10-8-16)25-13-11-21-20(23)15-22-12-3-5-18(22)19-6-4-14-26-19/h4,6-10,14,18H,2-3,5,11-13,15H2,1H3,(H,21,23)/t18-/m0/s1. The summed E-state index contributed by atoms with van der Waals surface area (Å²) in [6.45, 7) is 5.00. The number of hydrogen-bond donors (Lipinski definition) is 1. The van der Waals surface area contributed by atoms with Crippen molar-refractivity contribution in [3.8, 4) is 11.5 Å². The minimum absolute atomic E-state index is 0.0590. The van der Waals surface area contributed by atoms with E-state index < -0.39 is 0 Å². The predicted molar refractivity (Wildman–Crippen MR) is 104 cm³/mol. The molecule has 0 bridgehead atoms. The van der Waals surface area contributed by atoms with Gasteiger partial charge in [-0.15, -0.1) is 11.3 Å². The monoisotopic (exact) mass is 374 g/mol. The number of rotatable bonds is 9. The number of nitrogens with zero attached hydrogens (tertiary/aromatic N) is 1. The molecule has 3 rings (SSSR count). The van der Waals surface area contributed by atoms with E-state index in [1.165, 1.54) is 4.88 Å². The third-order valence-electron chi connectivity index (χ3n) is 4.41. The van der Waals surface area contributed by atoms with Crippen LogP contribution in [0.2, 0.25) is 0 Å². The van der Waals surface area contributed by atoms with Crippen LogP contribution in [-0.4, -0.2) is 43.7 Å². The van der Waals surface area contributed by atoms with E-state index in [1.54, 1.807) is 11.3 Å². The summed E-state index contributed by atoms with van der Waals surface area (Å²) >= 11 is 1.77. The molecule has 1 saturated heterocycles. The summed E-state index contributed by atoms with van der Waals surface area (Å²) in [5, 5.41) is 5.05. The average Bonchev–Trinajstić information content (AvgIpc) is 3.32. The number of amides is 1. The molecule has 1 N–H and O–H groups in total. The van der Waals surface area contributed by atoms with Crippen molar-refractivity contribution in [2.45, 2.75) is 25.8 Å². The largest absolute Gasteiger partial charge is 0.494 e. The highest BCUT2D eigenvalue weighted by atomic mass is 32.1. The normalized spacial score (nSPS) is 17.2. The van der Waals surface area contributed by atoms with Crippen molar-refractivity contribution in [3.63, 3.8) is 0 Å². The second-order valence-electron chi connectivity index (χ2n) is 6.25. The minimum atomic E-state index is 0.0590. The molecule has 140 valence electrons. The van der Waals surface area contributed by atoms with E-state index in [4.69, 9.17) is 9.47 Å². The molecular weight excluding hydrogens is 348 g/mol. The lowest BCUT2D eigenvalue weighted by Gasteiger charge is -2.22. The van der Waals surface area contributed by atoms with E-state index in [-0.39, 0.29) is 5.91 Å². The Labute approximate surface area is 158 Å². The summed E-state index contributed by atoms with van der Waals surface area (Å²) in [6.07, 6.45) is 2.28. The summed E-state index contributed by atoms with van der Waals surface area (Å²) in [5.41, 5.74) is 0. The Hall–Kier alpha value is -2.05. The summed E-state index contributed by atoms with van der Waals surface area (Å²) in [5.74, 6) is 1.67. The van der Waals surface area contributed by atoms with E-state index >= 15 is 0 Å². The zero-order valence-electron chi connectivity index (χ0n) is 15.1. The summed E-state index contributed by atoms with van der Waals surface area (Å²) in [6, 6.07) is 12.2.